The Morgan fingerprint density at radius 2 is 1.79 bits per heavy atom. The molecule has 0 aromatic heterocycles. The molecule has 0 bridgehead atoms. The van der Waals surface area contributed by atoms with E-state index in [-0.39, 0.29) is 68.8 Å². The maximum Gasteiger partial charge on any atom is 1.00 e. The van der Waals surface area contributed by atoms with Crippen molar-refractivity contribution in [3.05, 3.63) is 119 Å². The molecule has 2 N–H and O–H groups in total. The van der Waals surface area contributed by atoms with E-state index < -0.39 is 27.5 Å². The molecule has 208 valence electrons. The third kappa shape index (κ3) is 4.31. The second-order valence-corrected chi connectivity index (χ2v) is 11.5. The molecule has 2 unspecified atom stereocenters. The molecule has 1 aliphatic carbocycles. The van der Waals surface area contributed by atoms with Crippen LogP contribution in [0.5, 0.6) is 17.2 Å². The van der Waals surface area contributed by atoms with Crippen LogP contribution in [0, 0.1) is 5.92 Å². The van der Waals surface area contributed by atoms with Crippen LogP contribution in [-0.4, -0.2) is 41.0 Å². The van der Waals surface area contributed by atoms with E-state index in [0.717, 1.165) is 0 Å². The van der Waals surface area contributed by atoms with Crippen molar-refractivity contribution in [2.24, 2.45) is 11.0 Å². The van der Waals surface area contributed by atoms with Gasteiger partial charge in [-0.1, -0.05) is 48.5 Å². The van der Waals surface area contributed by atoms with Crippen LogP contribution in [0.2, 0.25) is 0 Å². The number of rotatable bonds is 3. The summed E-state index contributed by atoms with van der Waals surface area (Å²) in [4.78, 5) is 26.1. The third-order valence-corrected chi connectivity index (χ3v) is 8.64. The molecule has 43 heavy (non-hydrogen) atoms. The summed E-state index contributed by atoms with van der Waals surface area (Å²) in [6.07, 6.45) is 5.66. The molecule has 2 aliphatic heterocycles. The average molecular weight is 603 g/mol. The first-order valence-electron chi connectivity index (χ1n) is 12.7. The molecule has 0 fully saturated rings. The zero-order valence-electron chi connectivity index (χ0n) is 22.5. The van der Waals surface area contributed by atoms with Gasteiger partial charge in [0.1, 0.15) is 22.8 Å². The number of hydrogen-bond donors (Lipinski definition) is 2. The van der Waals surface area contributed by atoms with Crippen molar-refractivity contribution in [1.29, 1.82) is 0 Å². The number of phenols is 1. The van der Waals surface area contributed by atoms with Crippen LogP contribution in [0.15, 0.2) is 107 Å². The number of hydrazone groups is 1. The molecular weight excluding hydrogens is 583 g/mol. The SMILES string of the molecule is O=C1C=CC2C(=C1)Oc1cc([O-])ccc1C21c2ccccc2C(=O)N1/N=C\c1c(O)ccc2cc(S(=O)(=O)O)ccc12.[Na+]. The monoisotopic (exact) mass is 602 g/mol. The molecule has 12 heteroatoms. The van der Waals surface area contributed by atoms with Crippen LogP contribution in [0.4, 0.5) is 0 Å². The quantitative estimate of drug-likeness (QED) is 0.197. The number of hydrogen-bond acceptors (Lipinski definition) is 8. The molecule has 1 amide bonds. The van der Waals surface area contributed by atoms with E-state index in [1.54, 1.807) is 36.4 Å². The van der Waals surface area contributed by atoms with Gasteiger partial charge in [0.25, 0.3) is 16.0 Å². The number of fused-ring (bicyclic) bond motifs is 7. The molecule has 4 aromatic carbocycles. The first-order chi connectivity index (χ1) is 20.1. The number of carbonyl (C=O) groups excluding carboxylic acids is 2. The van der Waals surface area contributed by atoms with Crippen LogP contribution < -0.4 is 39.4 Å². The van der Waals surface area contributed by atoms with Gasteiger partial charge in [0.05, 0.1) is 17.0 Å². The average Bonchev–Trinajstić information content (AvgIpc) is 3.19. The van der Waals surface area contributed by atoms with Crippen LogP contribution in [0.1, 0.15) is 27.0 Å². The van der Waals surface area contributed by atoms with Gasteiger partial charge in [0.15, 0.2) is 5.78 Å². The largest absolute Gasteiger partial charge is 1.00 e. The number of benzene rings is 4. The Kier molecular flexibility index (Phi) is 6.83. The van der Waals surface area contributed by atoms with Crippen molar-refractivity contribution in [1.82, 2.24) is 5.01 Å². The predicted octanol–water partition coefficient (Wildman–Crippen LogP) is 0.635. The maximum atomic E-state index is 14.1. The van der Waals surface area contributed by atoms with Crippen LogP contribution >= 0.6 is 0 Å². The Labute approximate surface area is 267 Å². The van der Waals surface area contributed by atoms with Gasteiger partial charge in [-0.3, -0.25) is 14.1 Å². The second-order valence-electron chi connectivity index (χ2n) is 10.1. The van der Waals surface area contributed by atoms with Gasteiger partial charge in [-0.2, -0.15) is 13.5 Å². The van der Waals surface area contributed by atoms with Gasteiger partial charge in [-0.15, -0.1) is 5.75 Å². The topological polar surface area (TPSA) is 157 Å². The van der Waals surface area contributed by atoms with Crippen molar-refractivity contribution >= 4 is 38.8 Å². The molecule has 0 saturated carbocycles. The zero-order valence-corrected chi connectivity index (χ0v) is 25.3. The number of allylic oxidation sites excluding steroid dienone is 2. The van der Waals surface area contributed by atoms with Gasteiger partial charge in [0, 0.05) is 22.8 Å². The number of carbonyl (C=O) groups is 2. The van der Waals surface area contributed by atoms with E-state index in [0.29, 0.717) is 27.5 Å². The summed E-state index contributed by atoms with van der Waals surface area (Å²) in [5.74, 6) is -1.54. The number of phenolic OH excluding ortho intramolecular Hbond substituents is 1. The van der Waals surface area contributed by atoms with Crippen LogP contribution in [0.25, 0.3) is 10.8 Å². The molecule has 2 heterocycles. The van der Waals surface area contributed by atoms with E-state index in [2.05, 4.69) is 5.10 Å². The van der Waals surface area contributed by atoms with Crippen molar-refractivity contribution in [2.75, 3.05) is 0 Å². The van der Waals surface area contributed by atoms with Crippen molar-refractivity contribution in [2.45, 2.75) is 10.4 Å². The van der Waals surface area contributed by atoms with Gasteiger partial charge >= 0.3 is 29.6 Å². The Hall–Kier alpha value is -4.26. The Balaban J connectivity index is 0.00000329. The van der Waals surface area contributed by atoms with Gasteiger partial charge in [-0.05, 0) is 52.7 Å². The fraction of sp³-hybridized carbons (Fsp3) is 0.0645. The van der Waals surface area contributed by atoms with Gasteiger partial charge in [-0.25, -0.2) is 5.01 Å². The summed E-state index contributed by atoms with van der Waals surface area (Å²) in [6, 6.07) is 17.9. The Morgan fingerprint density at radius 3 is 2.58 bits per heavy atom. The smallest absolute Gasteiger partial charge is 0.872 e. The van der Waals surface area contributed by atoms with E-state index in [1.807, 2.05) is 0 Å². The fourth-order valence-electron chi connectivity index (χ4n) is 6.02. The summed E-state index contributed by atoms with van der Waals surface area (Å²) in [7, 11) is -4.46. The number of ether oxygens (including phenoxy) is 1. The van der Waals surface area contributed by atoms with Gasteiger partial charge < -0.3 is 14.9 Å². The molecule has 7 rings (SSSR count). The molecule has 4 aromatic rings. The summed E-state index contributed by atoms with van der Waals surface area (Å²) >= 11 is 0. The van der Waals surface area contributed by atoms with E-state index in [9.17, 15) is 32.8 Å². The Morgan fingerprint density at radius 1 is 1.00 bits per heavy atom. The normalized spacial score (nSPS) is 20.4. The number of nitrogens with zero attached hydrogens (tertiary/aromatic N) is 2. The number of ketones is 1. The molecule has 10 nitrogen and oxygen atoms in total. The second kappa shape index (κ2) is 10.2. The molecule has 0 radical (unpaired) electrons. The fourth-order valence-corrected chi connectivity index (χ4v) is 6.54. The van der Waals surface area contributed by atoms with Crippen LogP contribution in [-0.2, 0) is 20.5 Å². The molecule has 2 atom stereocenters. The Bertz CT molecular complexity index is 2090. The zero-order chi connectivity index (χ0) is 29.4. The minimum atomic E-state index is -4.46. The summed E-state index contributed by atoms with van der Waals surface area (Å²) in [6.45, 7) is 0. The third-order valence-electron chi connectivity index (χ3n) is 7.79. The van der Waals surface area contributed by atoms with E-state index in [1.165, 1.54) is 65.8 Å². The summed E-state index contributed by atoms with van der Waals surface area (Å²) < 4.78 is 38.9. The standard InChI is InChI=1S/C31H20N2O8S.Na/c34-18-6-10-25-28(14-18)41-29-15-19(35)7-11-26(29)31(25)24-4-2-1-3-22(24)30(37)33(31)32-16-23-21-9-8-20(42(38,39)40)13-17(21)5-12-27(23)36;/h1-16,25,35-36H,(H,38,39,40);/q;+1/p-1/b32-16-;. The number of amides is 1. The maximum absolute atomic E-state index is 14.1. The van der Waals surface area contributed by atoms with Crippen molar-refractivity contribution in [3.63, 3.8) is 0 Å². The minimum Gasteiger partial charge on any atom is -0.872 e. The molecule has 3 aliphatic rings. The van der Waals surface area contributed by atoms with Crippen molar-refractivity contribution < 1.29 is 67.1 Å². The first kappa shape index (κ1) is 28.8. The predicted molar refractivity (Wildman–Crippen MR) is 149 cm³/mol. The van der Waals surface area contributed by atoms with Gasteiger partial charge in [0.2, 0.25) is 0 Å². The first-order valence-corrected chi connectivity index (χ1v) is 14.2. The minimum absolute atomic E-state index is 0. The number of aromatic hydroxyl groups is 1. The van der Waals surface area contributed by atoms with Crippen molar-refractivity contribution in [3.8, 4) is 17.2 Å². The molecule has 0 saturated heterocycles. The van der Waals surface area contributed by atoms with E-state index in [4.69, 9.17) is 4.74 Å². The molecular formula is C31H19N2NaO8S. The molecule has 1 spiro atoms. The van der Waals surface area contributed by atoms with E-state index >= 15 is 0 Å². The summed E-state index contributed by atoms with van der Waals surface area (Å²) in [5.41, 5.74) is 0.273. The summed E-state index contributed by atoms with van der Waals surface area (Å²) in [5, 5.41) is 29.8. The van der Waals surface area contributed by atoms with Crippen LogP contribution in [0.3, 0.4) is 0 Å².